The maximum absolute atomic E-state index is 12.3. The number of amides is 1. The zero-order valence-corrected chi connectivity index (χ0v) is 13.6. The van der Waals surface area contributed by atoms with Crippen LogP contribution in [0.3, 0.4) is 0 Å². The topological polar surface area (TPSA) is 61.4 Å². The lowest BCUT2D eigenvalue weighted by atomic mass is 10.1. The number of rotatable bonds is 2. The van der Waals surface area contributed by atoms with Gasteiger partial charge in [-0.15, -0.1) is 0 Å². The summed E-state index contributed by atoms with van der Waals surface area (Å²) in [7, 11) is 0. The van der Waals surface area contributed by atoms with Crippen molar-refractivity contribution in [1.29, 1.82) is 0 Å². The third-order valence-corrected chi connectivity index (χ3v) is 4.42. The third kappa shape index (κ3) is 2.71. The van der Waals surface area contributed by atoms with Crippen molar-refractivity contribution >= 4 is 23.1 Å². The van der Waals surface area contributed by atoms with Crippen LogP contribution in [0.2, 0.25) is 0 Å². The second-order valence-corrected chi connectivity index (χ2v) is 6.12. The van der Waals surface area contributed by atoms with Gasteiger partial charge in [0.1, 0.15) is 0 Å². The van der Waals surface area contributed by atoms with Gasteiger partial charge >= 0.3 is 0 Å². The number of nitrogens with one attached hydrogen (secondary N) is 1. The van der Waals surface area contributed by atoms with Crippen molar-refractivity contribution in [2.24, 2.45) is 0 Å². The van der Waals surface area contributed by atoms with Crippen LogP contribution in [0.4, 0.5) is 11.6 Å². The molecule has 1 aromatic carbocycles. The molecule has 1 amide bonds. The average Bonchev–Trinajstić information content (AvgIpc) is 2.92. The SMILES string of the molecule is Cc1ccc2c(c1)/C(=C\N1CCN(c3ncccn3)CC1)C(=O)N2. The molecule has 1 N–H and O–H groups in total. The van der Waals surface area contributed by atoms with Crippen LogP contribution in [0.1, 0.15) is 11.1 Å². The smallest absolute Gasteiger partial charge is 0.257 e. The maximum Gasteiger partial charge on any atom is 0.257 e. The van der Waals surface area contributed by atoms with Crippen molar-refractivity contribution in [2.45, 2.75) is 6.92 Å². The van der Waals surface area contributed by atoms with Gasteiger partial charge in [-0.1, -0.05) is 11.6 Å². The van der Waals surface area contributed by atoms with Crippen LogP contribution in [0.5, 0.6) is 0 Å². The summed E-state index contributed by atoms with van der Waals surface area (Å²) in [6.45, 7) is 5.41. The van der Waals surface area contributed by atoms with Crippen LogP contribution in [-0.4, -0.2) is 47.0 Å². The van der Waals surface area contributed by atoms with Gasteiger partial charge in [0.15, 0.2) is 0 Å². The largest absolute Gasteiger partial charge is 0.373 e. The Labute approximate surface area is 140 Å². The molecule has 1 saturated heterocycles. The first kappa shape index (κ1) is 14.7. The number of hydrogen-bond acceptors (Lipinski definition) is 5. The highest BCUT2D eigenvalue weighted by Crippen LogP contribution is 2.32. The Morgan fingerprint density at radius 3 is 2.62 bits per heavy atom. The van der Waals surface area contributed by atoms with E-state index in [0.717, 1.165) is 54.5 Å². The van der Waals surface area contributed by atoms with Gasteiger partial charge in [0.25, 0.3) is 5.91 Å². The van der Waals surface area contributed by atoms with Gasteiger partial charge < -0.3 is 15.1 Å². The number of anilines is 2. The summed E-state index contributed by atoms with van der Waals surface area (Å²) >= 11 is 0. The van der Waals surface area contributed by atoms with Gasteiger partial charge in [0.2, 0.25) is 5.95 Å². The van der Waals surface area contributed by atoms with E-state index in [1.165, 1.54) is 0 Å². The molecule has 6 heteroatoms. The van der Waals surface area contributed by atoms with Gasteiger partial charge in [-0.2, -0.15) is 0 Å². The Morgan fingerprint density at radius 2 is 1.88 bits per heavy atom. The highest BCUT2D eigenvalue weighted by Gasteiger charge is 2.26. The van der Waals surface area contributed by atoms with Crippen molar-refractivity contribution in [3.63, 3.8) is 0 Å². The standard InChI is InChI=1S/C18H19N5O/c1-13-3-4-16-14(11-13)15(17(24)21-16)12-22-7-9-23(10-8-22)18-19-5-2-6-20-18/h2-6,11-12H,7-10H2,1H3,(H,21,24)/b15-12+. The zero-order chi connectivity index (χ0) is 16.5. The van der Waals surface area contributed by atoms with E-state index >= 15 is 0 Å². The highest BCUT2D eigenvalue weighted by molar-refractivity contribution is 6.31. The molecule has 0 aliphatic carbocycles. The van der Waals surface area contributed by atoms with E-state index in [1.54, 1.807) is 12.4 Å². The van der Waals surface area contributed by atoms with E-state index in [9.17, 15) is 4.79 Å². The van der Waals surface area contributed by atoms with Crippen molar-refractivity contribution in [1.82, 2.24) is 14.9 Å². The Kier molecular flexibility index (Phi) is 3.65. The number of hydrogen-bond donors (Lipinski definition) is 1. The van der Waals surface area contributed by atoms with Gasteiger partial charge in [-0.3, -0.25) is 4.79 Å². The number of nitrogens with zero attached hydrogens (tertiary/aromatic N) is 4. The van der Waals surface area contributed by atoms with E-state index < -0.39 is 0 Å². The van der Waals surface area contributed by atoms with Crippen LogP contribution in [-0.2, 0) is 4.79 Å². The Hall–Kier alpha value is -2.89. The fourth-order valence-corrected chi connectivity index (χ4v) is 3.12. The van der Waals surface area contributed by atoms with Crippen molar-refractivity contribution < 1.29 is 4.79 Å². The summed E-state index contributed by atoms with van der Waals surface area (Å²) in [5, 5.41) is 2.93. The molecule has 0 spiro atoms. The molecule has 6 nitrogen and oxygen atoms in total. The number of piperazine rings is 1. The predicted molar refractivity (Wildman–Crippen MR) is 93.6 cm³/mol. The Morgan fingerprint density at radius 1 is 1.12 bits per heavy atom. The molecular weight excluding hydrogens is 302 g/mol. The van der Waals surface area contributed by atoms with Crippen LogP contribution in [0.25, 0.3) is 5.57 Å². The molecular formula is C18H19N5O. The fraction of sp³-hybridized carbons (Fsp3) is 0.278. The molecule has 0 unspecified atom stereocenters. The number of benzene rings is 1. The molecule has 2 aliphatic heterocycles. The second kappa shape index (κ2) is 5.96. The summed E-state index contributed by atoms with van der Waals surface area (Å²) in [5.74, 6) is 0.744. The molecule has 2 aliphatic rings. The molecule has 4 rings (SSSR count). The van der Waals surface area contributed by atoms with Crippen LogP contribution in [0, 0.1) is 6.92 Å². The number of carbonyl (C=O) groups excluding carboxylic acids is 1. The Balaban J connectivity index is 1.50. The van der Waals surface area contributed by atoms with Crippen LogP contribution >= 0.6 is 0 Å². The average molecular weight is 321 g/mol. The minimum atomic E-state index is -0.0237. The van der Waals surface area contributed by atoms with E-state index in [4.69, 9.17) is 0 Å². The first-order chi connectivity index (χ1) is 11.7. The lowest BCUT2D eigenvalue weighted by Gasteiger charge is -2.34. The van der Waals surface area contributed by atoms with E-state index in [-0.39, 0.29) is 5.91 Å². The number of aromatic nitrogens is 2. The quantitative estimate of drug-likeness (QED) is 0.856. The molecule has 2 aromatic rings. The van der Waals surface area contributed by atoms with E-state index in [1.807, 2.05) is 31.3 Å². The highest BCUT2D eigenvalue weighted by atomic mass is 16.2. The molecule has 1 fully saturated rings. The van der Waals surface area contributed by atoms with Crippen molar-refractivity contribution in [2.75, 3.05) is 36.4 Å². The monoisotopic (exact) mass is 321 g/mol. The van der Waals surface area contributed by atoms with E-state index in [2.05, 4.69) is 31.2 Å². The number of fused-ring (bicyclic) bond motifs is 1. The molecule has 3 heterocycles. The van der Waals surface area contributed by atoms with Gasteiger partial charge in [-0.05, 0) is 25.1 Å². The summed E-state index contributed by atoms with van der Waals surface area (Å²) in [4.78, 5) is 25.2. The maximum atomic E-state index is 12.3. The second-order valence-electron chi connectivity index (χ2n) is 6.12. The lowest BCUT2D eigenvalue weighted by Crippen LogP contribution is -2.45. The Bertz CT molecular complexity index is 794. The minimum Gasteiger partial charge on any atom is -0.373 e. The zero-order valence-electron chi connectivity index (χ0n) is 13.6. The lowest BCUT2D eigenvalue weighted by molar-refractivity contribution is -0.110. The summed E-state index contributed by atoms with van der Waals surface area (Å²) < 4.78 is 0. The van der Waals surface area contributed by atoms with Gasteiger partial charge in [0, 0.05) is 56.0 Å². The molecule has 1 aromatic heterocycles. The van der Waals surface area contributed by atoms with Gasteiger partial charge in [-0.25, -0.2) is 9.97 Å². The normalized spacial score (nSPS) is 18.7. The summed E-state index contributed by atoms with van der Waals surface area (Å²) in [6, 6.07) is 7.87. The predicted octanol–water partition coefficient (Wildman–Crippen LogP) is 1.90. The summed E-state index contributed by atoms with van der Waals surface area (Å²) in [5.41, 5.74) is 3.79. The van der Waals surface area contributed by atoms with Crippen LogP contribution < -0.4 is 10.2 Å². The third-order valence-electron chi connectivity index (χ3n) is 4.42. The van der Waals surface area contributed by atoms with E-state index in [0.29, 0.717) is 0 Å². The number of aryl methyl sites for hydroxylation is 1. The molecule has 24 heavy (non-hydrogen) atoms. The van der Waals surface area contributed by atoms with Crippen molar-refractivity contribution in [3.05, 3.63) is 54.0 Å². The first-order valence-electron chi connectivity index (χ1n) is 8.11. The van der Waals surface area contributed by atoms with Crippen LogP contribution in [0.15, 0.2) is 42.9 Å². The van der Waals surface area contributed by atoms with Crippen molar-refractivity contribution in [3.8, 4) is 0 Å². The fourth-order valence-electron chi connectivity index (χ4n) is 3.12. The number of carbonyl (C=O) groups is 1. The molecule has 0 bridgehead atoms. The summed E-state index contributed by atoms with van der Waals surface area (Å²) in [6.07, 6.45) is 5.52. The first-order valence-corrected chi connectivity index (χ1v) is 8.11. The molecule has 122 valence electrons. The van der Waals surface area contributed by atoms with Gasteiger partial charge in [0.05, 0.1) is 5.57 Å². The molecule has 0 atom stereocenters. The molecule has 0 saturated carbocycles. The minimum absolute atomic E-state index is 0.0237. The molecule has 0 radical (unpaired) electrons.